The summed E-state index contributed by atoms with van der Waals surface area (Å²) < 4.78 is 2.14. The highest BCUT2D eigenvalue weighted by Gasteiger charge is 2.05. The number of imidazole rings is 1. The maximum Gasteiger partial charge on any atom is 0.106 e. The lowest BCUT2D eigenvalue weighted by atomic mass is 10.3. The molecule has 0 amide bonds. The molecule has 0 aliphatic carbocycles. The molecule has 0 spiro atoms. The Morgan fingerprint density at radius 3 is 2.87 bits per heavy atom. The van der Waals surface area contributed by atoms with Gasteiger partial charge in [0.2, 0.25) is 0 Å². The van der Waals surface area contributed by atoms with E-state index in [4.69, 9.17) is 0 Å². The molecule has 0 aliphatic heterocycles. The van der Waals surface area contributed by atoms with Gasteiger partial charge >= 0.3 is 0 Å². The van der Waals surface area contributed by atoms with Crippen molar-refractivity contribution >= 4 is 0 Å². The van der Waals surface area contributed by atoms with Gasteiger partial charge in [0, 0.05) is 18.8 Å². The van der Waals surface area contributed by atoms with Crippen LogP contribution in [0.1, 0.15) is 32.3 Å². The van der Waals surface area contributed by atoms with E-state index in [2.05, 4.69) is 40.6 Å². The summed E-state index contributed by atoms with van der Waals surface area (Å²) in [4.78, 5) is 4.30. The van der Waals surface area contributed by atoms with Crippen LogP contribution in [0.2, 0.25) is 0 Å². The van der Waals surface area contributed by atoms with E-state index >= 15 is 0 Å². The zero-order chi connectivity index (χ0) is 11.3. The summed E-state index contributed by atoms with van der Waals surface area (Å²) in [5, 5.41) is 3.38. The largest absolute Gasteiger partial charge is 0.319 e. The van der Waals surface area contributed by atoms with Crippen LogP contribution in [0.4, 0.5) is 0 Å². The van der Waals surface area contributed by atoms with Gasteiger partial charge in [-0.2, -0.15) is 0 Å². The lowest BCUT2D eigenvalue weighted by molar-refractivity contribution is 0.564. The van der Waals surface area contributed by atoms with E-state index in [9.17, 15) is 0 Å². The van der Waals surface area contributed by atoms with Crippen LogP contribution in [-0.4, -0.2) is 15.6 Å². The molecular weight excluding hydrogens is 186 g/mol. The van der Waals surface area contributed by atoms with E-state index in [-0.39, 0.29) is 0 Å². The second-order valence-electron chi connectivity index (χ2n) is 3.85. The van der Waals surface area contributed by atoms with Crippen LogP contribution in [0.15, 0.2) is 6.20 Å². The number of hydrogen-bond acceptors (Lipinski definition) is 2. The fourth-order valence-corrected chi connectivity index (χ4v) is 1.34. The first kappa shape index (κ1) is 11.8. The molecule has 1 rings (SSSR count). The van der Waals surface area contributed by atoms with Crippen LogP contribution >= 0.6 is 0 Å². The Morgan fingerprint density at radius 2 is 2.27 bits per heavy atom. The Bertz CT molecular complexity index is 366. The third-order valence-electron chi connectivity index (χ3n) is 2.24. The van der Waals surface area contributed by atoms with Gasteiger partial charge < -0.3 is 9.88 Å². The molecule has 15 heavy (non-hydrogen) atoms. The summed E-state index contributed by atoms with van der Waals surface area (Å²) in [7, 11) is 0. The summed E-state index contributed by atoms with van der Waals surface area (Å²) in [5.74, 6) is 7.00. The van der Waals surface area contributed by atoms with Gasteiger partial charge in [-0.25, -0.2) is 4.98 Å². The lowest BCUT2D eigenvalue weighted by Crippen LogP contribution is -2.23. The highest BCUT2D eigenvalue weighted by Crippen LogP contribution is 2.04. The molecule has 1 N–H and O–H groups in total. The van der Waals surface area contributed by atoms with Gasteiger partial charge in [-0.3, -0.25) is 0 Å². The Balaban J connectivity index is 2.72. The van der Waals surface area contributed by atoms with E-state index < -0.39 is 0 Å². The van der Waals surface area contributed by atoms with Gasteiger partial charge in [-0.1, -0.05) is 19.8 Å². The highest BCUT2D eigenvalue weighted by molar-refractivity contribution is 5.08. The first-order valence-electron chi connectivity index (χ1n) is 5.29. The van der Waals surface area contributed by atoms with Crippen molar-refractivity contribution in [1.82, 2.24) is 14.9 Å². The summed E-state index contributed by atoms with van der Waals surface area (Å²) >= 11 is 0. The number of nitrogens with one attached hydrogen (secondary N) is 1. The van der Waals surface area contributed by atoms with Gasteiger partial charge in [0.25, 0.3) is 0 Å². The molecule has 0 saturated heterocycles. The van der Waals surface area contributed by atoms with Gasteiger partial charge in [0.15, 0.2) is 0 Å². The quantitative estimate of drug-likeness (QED) is 0.758. The molecule has 1 aromatic heterocycles. The first-order chi connectivity index (χ1) is 7.15. The number of hydrogen-bond donors (Lipinski definition) is 1. The molecule has 3 heteroatoms. The first-order valence-corrected chi connectivity index (χ1v) is 5.29. The van der Waals surface area contributed by atoms with Crippen LogP contribution < -0.4 is 5.32 Å². The number of nitrogens with zero attached hydrogens (tertiary/aromatic N) is 2. The topological polar surface area (TPSA) is 29.9 Å². The fraction of sp³-hybridized carbons (Fsp3) is 0.583. The minimum Gasteiger partial charge on any atom is -0.319 e. The van der Waals surface area contributed by atoms with Crippen LogP contribution in [-0.2, 0) is 13.1 Å². The molecule has 3 nitrogen and oxygen atoms in total. The number of aromatic nitrogens is 2. The predicted molar refractivity (Wildman–Crippen MR) is 62.4 cm³/mol. The van der Waals surface area contributed by atoms with Crippen LogP contribution in [0.3, 0.4) is 0 Å². The van der Waals surface area contributed by atoms with E-state index in [1.807, 2.05) is 20.0 Å². The summed E-state index contributed by atoms with van der Waals surface area (Å²) in [6, 6.07) is 0.492. The second-order valence-corrected chi connectivity index (χ2v) is 3.85. The van der Waals surface area contributed by atoms with Crippen molar-refractivity contribution in [3.05, 3.63) is 17.7 Å². The minimum atomic E-state index is 0.492. The van der Waals surface area contributed by atoms with Crippen LogP contribution in [0.25, 0.3) is 0 Å². The molecule has 0 saturated carbocycles. The van der Waals surface area contributed by atoms with Gasteiger partial charge in [-0.05, 0) is 13.8 Å². The summed E-state index contributed by atoms with van der Waals surface area (Å²) in [6.45, 7) is 9.73. The van der Waals surface area contributed by atoms with Crippen LogP contribution in [0.5, 0.6) is 0 Å². The smallest absolute Gasteiger partial charge is 0.106 e. The van der Waals surface area contributed by atoms with Gasteiger partial charge in [-0.15, -0.1) is 5.92 Å². The average molecular weight is 205 g/mol. The fourth-order valence-electron chi connectivity index (χ4n) is 1.34. The zero-order valence-electron chi connectivity index (χ0n) is 9.96. The molecule has 82 valence electrons. The van der Waals surface area contributed by atoms with E-state index in [0.717, 1.165) is 18.9 Å². The average Bonchev–Trinajstić information content (AvgIpc) is 2.53. The highest BCUT2D eigenvalue weighted by atomic mass is 15.1. The Labute approximate surface area is 91.9 Å². The Hall–Kier alpha value is -1.27. The van der Waals surface area contributed by atoms with Crippen molar-refractivity contribution in [2.75, 3.05) is 0 Å². The van der Waals surface area contributed by atoms with Crippen LogP contribution in [0, 0.1) is 18.8 Å². The molecule has 0 aliphatic rings. The zero-order valence-corrected chi connectivity index (χ0v) is 9.96. The predicted octanol–water partition coefficient (Wildman–Crippen LogP) is 1.71. The normalized spacial score (nSPS) is 10.2. The third-order valence-corrected chi connectivity index (χ3v) is 2.24. The monoisotopic (exact) mass is 205 g/mol. The maximum absolute atomic E-state index is 4.30. The Kier molecular flexibility index (Phi) is 4.38. The van der Waals surface area contributed by atoms with Gasteiger partial charge in [0.05, 0.1) is 12.2 Å². The van der Waals surface area contributed by atoms with Crippen molar-refractivity contribution < 1.29 is 0 Å². The molecule has 1 aromatic rings. The molecule has 0 atom stereocenters. The molecule has 0 bridgehead atoms. The molecule has 0 fully saturated rings. The molecule has 1 heterocycles. The van der Waals surface area contributed by atoms with Crippen molar-refractivity contribution in [1.29, 1.82) is 0 Å². The van der Waals surface area contributed by atoms with Gasteiger partial charge in [0.1, 0.15) is 5.82 Å². The molecule has 0 radical (unpaired) electrons. The summed E-state index contributed by atoms with van der Waals surface area (Å²) in [6.07, 6.45) is 1.92. The molecule has 0 unspecified atom stereocenters. The molecule has 0 aromatic carbocycles. The van der Waals surface area contributed by atoms with E-state index in [0.29, 0.717) is 6.04 Å². The standard InChI is InChI=1S/C12H19N3/c1-5-6-7-15-11(4)14-9-12(15)8-13-10(2)3/h9-10,13H,7-8H2,1-4H3. The van der Waals surface area contributed by atoms with Crippen molar-refractivity contribution in [2.45, 2.75) is 46.8 Å². The SMILES string of the molecule is CC#CCn1c(CNC(C)C)cnc1C. The summed E-state index contributed by atoms with van der Waals surface area (Å²) in [5.41, 5.74) is 1.20. The molecular formula is C12H19N3. The Morgan fingerprint density at radius 1 is 1.53 bits per heavy atom. The minimum absolute atomic E-state index is 0.492. The van der Waals surface area contributed by atoms with Crippen molar-refractivity contribution in [3.8, 4) is 11.8 Å². The maximum atomic E-state index is 4.30. The number of rotatable bonds is 4. The number of aryl methyl sites for hydroxylation is 1. The van der Waals surface area contributed by atoms with E-state index in [1.165, 1.54) is 5.69 Å². The third kappa shape index (κ3) is 3.41. The van der Waals surface area contributed by atoms with Crippen molar-refractivity contribution in [3.63, 3.8) is 0 Å². The lowest BCUT2D eigenvalue weighted by Gasteiger charge is -2.10. The van der Waals surface area contributed by atoms with Crippen molar-refractivity contribution in [2.24, 2.45) is 0 Å². The second kappa shape index (κ2) is 5.57. The van der Waals surface area contributed by atoms with E-state index in [1.54, 1.807) is 0 Å².